The molecule has 2 N–H and O–H groups in total. The fraction of sp³-hybridized carbons (Fsp3) is 0.182. The summed E-state index contributed by atoms with van der Waals surface area (Å²) in [5.74, 6) is 0.466. The molecule has 2 heterocycles. The fourth-order valence-corrected chi connectivity index (χ4v) is 1.35. The second kappa shape index (κ2) is 4.14. The summed E-state index contributed by atoms with van der Waals surface area (Å²) >= 11 is 0. The highest BCUT2D eigenvalue weighted by atomic mass is 16.1. The molecule has 2 aromatic heterocycles. The number of nitrogens with zero attached hydrogens (tertiary/aromatic N) is 3. The molecule has 0 saturated heterocycles. The zero-order valence-electron chi connectivity index (χ0n) is 8.92. The molecule has 0 aliphatic carbocycles. The summed E-state index contributed by atoms with van der Waals surface area (Å²) in [5.41, 5.74) is 7.11. The maximum absolute atomic E-state index is 11.6. The van der Waals surface area contributed by atoms with Gasteiger partial charge in [-0.15, -0.1) is 0 Å². The van der Waals surface area contributed by atoms with Crippen LogP contribution in [-0.2, 0) is 6.54 Å². The molecule has 82 valence electrons. The summed E-state index contributed by atoms with van der Waals surface area (Å²) in [4.78, 5) is 15.5. The highest BCUT2D eigenvalue weighted by molar-refractivity contribution is 5.29. The first kappa shape index (κ1) is 10.4. The van der Waals surface area contributed by atoms with Crippen LogP contribution in [0.2, 0.25) is 0 Å². The molecule has 0 bridgehead atoms. The summed E-state index contributed by atoms with van der Waals surface area (Å²) in [7, 11) is 0. The maximum Gasteiger partial charge on any atom is 0.267 e. The minimum Gasteiger partial charge on any atom is -0.384 e. The number of pyridine rings is 1. The SMILES string of the molecule is Cc1cnn(Cc2ccc(N)nc2)c(=O)c1. The number of hydrogen-bond acceptors (Lipinski definition) is 4. The third-order valence-corrected chi connectivity index (χ3v) is 2.19. The van der Waals surface area contributed by atoms with Gasteiger partial charge in [0.2, 0.25) is 0 Å². The number of rotatable bonds is 2. The maximum atomic E-state index is 11.6. The van der Waals surface area contributed by atoms with Crippen molar-refractivity contribution in [2.45, 2.75) is 13.5 Å². The van der Waals surface area contributed by atoms with Crippen molar-refractivity contribution >= 4 is 5.82 Å². The summed E-state index contributed by atoms with van der Waals surface area (Å²) in [5, 5.41) is 4.04. The highest BCUT2D eigenvalue weighted by Crippen LogP contribution is 2.01. The zero-order valence-corrected chi connectivity index (χ0v) is 8.92. The molecule has 0 unspecified atom stereocenters. The van der Waals surface area contributed by atoms with Crippen molar-refractivity contribution in [2.24, 2.45) is 0 Å². The number of aryl methyl sites for hydroxylation is 1. The van der Waals surface area contributed by atoms with E-state index in [0.29, 0.717) is 12.4 Å². The summed E-state index contributed by atoms with van der Waals surface area (Å²) in [6, 6.07) is 5.09. The molecule has 0 aromatic carbocycles. The Hall–Kier alpha value is -2.17. The summed E-state index contributed by atoms with van der Waals surface area (Å²) < 4.78 is 1.39. The largest absolute Gasteiger partial charge is 0.384 e. The molecular formula is C11H12N4O. The van der Waals surface area contributed by atoms with Gasteiger partial charge in [-0.2, -0.15) is 5.10 Å². The number of aromatic nitrogens is 3. The highest BCUT2D eigenvalue weighted by Gasteiger charge is 1.99. The molecule has 0 amide bonds. The zero-order chi connectivity index (χ0) is 11.5. The third kappa shape index (κ3) is 2.25. The molecule has 2 rings (SSSR count). The molecule has 2 aromatic rings. The van der Waals surface area contributed by atoms with Crippen molar-refractivity contribution in [2.75, 3.05) is 5.73 Å². The molecule has 5 nitrogen and oxygen atoms in total. The molecular weight excluding hydrogens is 204 g/mol. The lowest BCUT2D eigenvalue weighted by molar-refractivity contribution is 0.635. The van der Waals surface area contributed by atoms with E-state index in [1.54, 1.807) is 24.5 Å². The predicted octanol–water partition coefficient (Wildman–Crippen LogP) is 0.577. The average Bonchev–Trinajstić information content (AvgIpc) is 2.25. The Bertz CT molecular complexity index is 545. The molecule has 0 saturated carbocycles. The lowest BCUT2D eigenvalue weighted by atomic mass is 10.3. The smallest absolute Gasteiger partial charge is 0.267 e. The van der Waals surface area contributed by atoms with Crippen LogP contribution in [-0.4, -0.2) is 14.8 Å². The van der Waals surface area contributed by atoms with Crippen LogP contribution in [0.25, 0.3) is 0 Å². The van der Waals surface area contributed by atoms with Crippen molar-refractivity contribution in [1.29, 1.82) is 0 Å². The van der Waals surface area contributed by atoms with E-state index < -0.39 is 0 Å². The van der Waals surface area contributed by atoms with Crippen molar-refractivity contribution in [3.8, 4) is 0 Å². The number of nitrogen functional groups attached to an aromatic ring is 1. The van der Waals surface area contributed by atoms with Crippen LogP contribution in [0, 0.1) is 6.92 Å². The predicted molar refractivity (Wildman–Crippen MR) is 61.0 cm³/mol. The first-order chi connectivity index (χ1) is 7.65. The Kier molecular flexibility index (Phi) is 2.68. The number of anilines is 1. The normalized spacial score (nSPS) is 10.3. The molecule has 0 radical (unpaired) electrons. The molecule has 0 aliphatic rings. The van der Waals surface area contributed by atoms with E-state index in [-0.39, 0.29) is 5.56 Å². The van der Waals surface area contributed by atoms with Crippen molar-refractivity contribution in [3.63, 3.8) is 0 Å². The van der Waals surface area contributed by atoms with Gasteiger partial charge < -0.3 is 5.73 Å². The van der Waals surface area contributed by atoms with E-state index in [4.69, 9.17) is 5.73 Å². The quantitative estimate of drug-likeness (QED) is 0.796. The number of nitrogens with two attached hydrogens (primary N) is 1. The van der Waals surface area contributed by atoms with Crippen LogP contribution in [0.1, 0.15) is 11.1 Å². The van der Waals surface area contributed by atoms with Crippen LogP contribution >= 0.6 is 0 Å². The minimum absolute atomic E-state index is 0.114. The van der Waals surface area contributed by atoms with Gasteiger partial charge in [0.05, 0.1) is 12.7 Å². The average molecular weight is 216 g/mol. The topological polar surface area (TPSA) is 73.8 Å². The lowest BCUT2D eigenvalue weighted by Crippen LogP contribution is -2.22. The molecule has 5 heteroatoms. The third-order valence-electron chi connectivity index (χ3n) is 2.19. The monoisotopic (exact) mass is 216 g/mol. The second-order valence-corrected chi connectivity index (χ2v) is 3.62. The standard InChI is InChI=1S/C11H12N4O/c1-8-4-11(16)15(14-5-8)7-9-2-3-10(12)13-6-9/h2-6H,7H2,1H3,(H2,12,13). The van der Waals surface area contributed by atoms with Gasteiger partial charge in [0.25, 0.3) is 5.56 Å². The van der Waals surface area contributed by atoms with Crippen LogP contribution < -0.4 is 11.3 Å². The Morgan fingerprint density at radius 2 is 2.19 bits per heavy atom. The Balaban J connectivity index is 2.27. The minimum atomic E-state index is -0.114. The van der Waals surface area contributed by atoms with Gasteiger partial charge in [-0.05, 0) is 24.1 Å². The lowest BCUT2D eigenvalue weighted by Gasteiger charge is -2.04. The number of hydrogen-bond donors (Lipinski definition) is 1. The van der Waals surface area contributed by atoms with E-state index in [0.717, 1.165) is 11.1 Å². The van der Waals surface area contributed by atoms with Crippen LogP contribution in [0.4, 0.5) is 5.82 Å². The van der Waals surface area contributed by atoms with Gasteiger partial charge in [0.1, 0.15) is 5.82 Å². The second-order valence-electron chi connectivity index (χ2n) is 3.62. The Morgan fingerprint density at radius 3 is 2.81 bits per heavy atom. The van der Waals surface area contributed by atoms with E-state index in [1.807, 2.05) is 13.0 Å². The fourth-order valence-electron chi connectivity index (χ4n) is 1.35. The van der Waals surface area contributed by atoms with E-state index in [1.165, 1.54) is 4.68 Å². The van der Waals surface area contributed by atoms with Crippen molar-refractivity contribution in [1.82, 2.24) is 14.8 Å². The Morgan fingerprint density at radius 1 is 1.38 bits per heavy atom. The molecule has 0 atom stereocenters. The van der Waals surface area contributed by atoms with E-state index in [2.05, 4.69) is 10.1 Å². The van der Waals surface area contributed by atoms with Gasteiger partial charge in [-0.25, -0.2) is 9.67 Å². The van der Waals surface area contributed by atoms with Crippen LogP contribution in [0.15, 0.2) is 35.4 Å². The first-order valence-electron chi connectivity index (χ1n) is 4.89. The molecule has 16 heavy (non-hydrogen) atoms. The van der Waals surface area contributed by atoms with Crippen molar-refractivity contribution < 1.29 is 0 Å². The van der Waals surface area contributed by atoms with E-state index in [9.17, 15) is 4.79 Å². The van der Waals surface area contributed by atoms with Crippen LogP contribution in [0.3, 0.4) is 0 Å². The molecule has 0 spiro atoms. The molecule has 0 fully saturated rings. The van der Waals surface area contributed by atoms with Crippen molar-refractivity contribution in [3.05, 3.63) is 52.1 Å². The summed E-state index contributed by atoms with van der Waals surface area (Å²) in [6.07, 6.45) is 3.30. The Labute approximate surface area is 92.6 Å². The van der Waals surface area contributed by atoms with Gasteiger partial charge in [-0.1, -0.05) is 6.07 Å². The van der Waals surface area contributed by atoms with E-state index >= 15 is 0 Å². The van der Waals surface area contributed by atoms with Crippen LogP contribution in [0.5, 0.6) is 0 Å². The van der Waals surface area contributed by atoms with Gasteiger partial charge in [0.15, 0.2) is 0 Å². The van der Waals surface area contributed by atoms with Gasteiger partial charge in [0, 0.05) is 12.3 Å². The van der Waals surface area contributed by atoms with Gasteiger partial charge in [-0.3, -0.25) is 4.79 Å². The van der Waals surface area contributed by atoms with Gasteiger partial charge >= 0.3 is 0 Å². The summed E-state index contributed by atoms with van der Waals surface area (Å²) in [6.45, 7) is 2.25. The molecule has 0 aliphatic heterocycles. The first-order valence-corrected chi connectivity index (χ1v) is 4.89.